The molecule has 0 saturated carbocycles. The van der Waals surface area contributed by atoms with Crippen molar-refractivity contribution in [2.24, 2.45) is 5.92 Å². The number of rotatable bonds is 7. The molecule has 2 N–H and O–H groups in total. The van der Waals surface area contributed by atoms with Crippen molar-refractivity contribution in [2.45, 2.75) is 19.3 Å². The predicted molar refractivity (Wildman–Crippen MR) is 73.0 cm³/mol. The molecular formula is C13H25N3O3. The van der Waals surface area contributed by atoms with E-state index in [0.29, 0.717) is 18.9 Å². The van der Waals surface area contributed by atoms with Crippen LogP contribution >= 0.6 is 0 Å². The van der Waals surface area contributed by atoms with Gasteiger partial charge in [0.2, 0.25) is 5.91 Å². The standard InChI is InChI=1S/C13H25N3O3/c1-15(2)7-5-12(17)16-6-3-4-11(10-16)8-14-9-13(18)19/h11,14H,3-10H2,1-2H3,(H,18,19). The second kappa shape index (κ2) is 8.12. The largest absolute Gasteiger partial charge is 0.480 e. The number of aliphatic carboxylic acids is 1. The number of carboxylic acid groups (broad SMARTS) is 1. The van der Waals surface area contributed by atoms with Crippen molar-refractivity contribution in [3.8, 4) is 0 Å². The SMILES string of the molecule is CN(C)CCC(=O)N1CCCC(CNCC(=O)O)C1. The Hall–Kier alpha value is -1.14. The first kappa shape index (κ1) is 15.9. The lowest BCUT2D eigenvalue weighted by molar-refractivity contribution is -0.136. The van der Waals surface area contributed by atoms with Gasteiger partial charge in [0.25, 0.3) is 0 Å². The maximum Gasteiger partial charge on any atom is 0.317 e. The average molecular weight is 271 g/mol. The quantitative estimate of drug-likeness (QED) is 0.674. The van der Waals surface area contributed by atoms with E-state index in [1.54, 1.807) is 0 Å². The highest BCUT2D eigenvalue weighted by Crippen LogP contribution is 2.16. The number of hydrogen-bond acceptors (Lipinski definition) is 4. The minimum Gasteiger partial charge on any atom is -0.480 e. The maximum absolute atomic E-state index is 12.0. The van der Waals surface area contributed by atoms with E-state index in [1.807, 2.05) is 23.9 Å². The normalized spacial score (nSPS) is 19.7. The molecule has 1 unspecified atom stereocenters. The Balaban J connectivity index is 2.28. The molecule has 1 fully saturated rings. The van der Waals surface area contributed by atoms with Crippen LogP contribution in [0.3, 0.4) is 0 Å². The van der Waals surface area contributed by atoms with Gasteiger partial charge >= 0.3 is 5.97 Å². The lowest BCUT2D eigenvalue weighted by Gasteiger charge is -2.33. The Morgan fingerprint density at radius 2 is 2.16 bits per heavy atom. The van der Waals surface area contributed by atoms with Crippen LogP contribution in [0.2, 0.25) is 0 Å². The molecule has 0 radical (unpaired) electrons. The van der Waals surface area contributed by atoms with Gasteiger partial charge in [-0.2, -0.15) is 0 Å². The van der Waals surface area contributed by atoms with Crippen molar-refractivity contribution in [1.82, 2.24) is 15.1 Å². The minimum atomic E-state index is -0.838. The monoisotopic (exact) mass is 271 g/mol. The maximum atomic E-state index is 12.0. The van der Waals surface area contributed by atoms with Crippen LogP contribution in [0.15, 0.2) is 0 Å². The number of nitrogens with one attached hydrogen (secondary N) is 1. The van der Waals surface area contributed by atoms with Crippen LogP contribution in [-0.2, 0) is 9.59 Å². The molecule has 0 aromatic rings. The minimum absolute atomic E-state index is 0.00885. The van der Waals surface area contributed by atoms with Gasteiger partial charge in [-0.1, -0.05) is 0 Å². The molecule has 0 bridgehead atoms. The molecule has 6 heteroatoms. The van der Waals surface area contributed by atoms with Crippen molar-refractivity contribution >= 4 is 11.9 Å². The molecule has 0 aromatic carbocycles. The first-order valence-corrected chi connectivity index (χ1v) is 6.84. The highest BCUT2D eigenvalue weighted by atomic mass is 16.4. The van der Waals surface area contributed by atoms with Crippen LogP contribution in [0, 0.1) is 5.92 Å². The third-order valence-corrected chi connectivity index (χ3v) is 3.35. The molecule has 1 aliphatic heterocycles. The summed E-state index contributed by atoms with van der Waals surface area (Å²) in [6, 6.07) is 0. The third-order valence-electron chi connectivity index (χ3n) is 3.35. The van der Waals surface area contributed by atoms with Crippen molar-refractivity contribution in [2.75, 3.05) is 46.8 Å². The molecule has 1 saturated heterocycles. The van der Waals surface area contributed by atoms with Gasteiger partial charge in [0, 0.05) is 32.6 Å². The zero-order chi connectivity index (χ0) is 14.3. The van der Waals surface area contributed by atoms with E-state index in [2.05, 4.69) is 5.32 Å². The van der Waals surface area contributed by atoms with Crippen LogP contribution in [0.25, 0.3) is 0 Å². The molecule has 0 aliphatic carbocycles. The first-order valence-electron chi connectivity index (χ1n) is 6.84. The summed E-state index contributed by atoms with van der Waals surface area (Å²) in [5, 5.41) is 11.5. The molecule has 1 heterocycles. The molecule has 1 atom stereocenters. The Morgan fingerprint density at radius 1 is 1.42 bits per heavy atom. The van der Waals surface area contributed by atoms with E-state index >= 15 is 0 Å². The van der Waals surface area contributed by atoms with E-state index in [1.165, 1.54) is 0 Å². The van der Waals surface area contributed by atoms with Crippen molar-refractivity contribution in [1.29, 1.82) is 0 Å². The Morgan fingerprint density at radius 3 is 2.79 bits per heavy atom. The highest BCUT2D eigenvalue weighted by molar-refractivity contribution is 5.76. The summed E-state index contributed by atoms with van der Waals surface area (Å²) < 4.78 is 0. The van der Waals surface area contributed by atoms with Gasteiger partial charge in [0.1, 0.15) is 0 Å². The van der Waals surface area contributed by atoms with Gasteiger partial charge in [0.05, 0.1) is 6.54 Å². The smallest absolute Gasteiger partial charge is 0.317 e. The summed E-state index contributed by atoms with van der Waals surface area (Å²) in [5.74, 6) is -0.261. The van der Waals surface area contributed by atoms with Gasteiger partial charge in [-0.25, -0.2) is 0 Å². The average Bonchev–Trinajstić information content (AvgIpc) is 2.36. The van der Waals surface area contributed by atoms with Crippen LogP contribution in [0.4, 0.5) is 0 Å². The van der Waals surface area contributed by atoms with Crippen molar-refractivity contribution in [3.63, 3.8) is 0 Å². The first-order chi connectivity index (χ1) is 8.99. The number of amides is 1. The van der Waals surface area contributed by atoms with Crippen LogP contribution in [0.1, 0.15) is 19.3 Å². The Kier molecular flexibility index (Phi) is 6.80. The van der Waals surface area contributed by atoms with E-state index < -0.39 is 5.97 Å². The number of carbonyl (C=O) groups is 2. The van der Waals surface area contributed by atoms with Crippen LogP contribution in [-0.4, -0.2) is 73.6 Å². The molecule has 1 amide bonds. The number of carboxylic acids is 1. The van der Waals surface area contributed by atoms with Gasteiger partial charge in [-0.05, 0) is 32.9 Å². The second-order valence-corrected chi connectivity index (χ2v) is 5.43. The van der Waals surface area contributed by atoms with E-state index in [4.69, 9.17) is 5.11 Å². The molecule has 19 heavy (non-hydrogen) atoms. The lowest BCUT2D eigenvalue weighted by atomic mass is 9.97. The zero-order valence-corrected chi connectivity index (χ0v) is 11.9. The van der Waals surface area contributed by atoms with Gasteiger partial charge in [-0.15, -0.1) is 0 Å². The van der Waals surface area contributed by atoms with Crippen LogP contribution in [0.5, 0.6) is 0 Å². The third kappa shape index (κ3) is 6.54. The fraction of sp³-hybridized carbons (Fsp3) is 0.846. The molecule has 0 spiro atoms. The fourth-order valence-electron chi connectivity index (χ4n) is 2.32. The van der Waals surface area contributed by atoms with Gasteiger partial charge in [0.15, 0.2) is 0 Å². The molecule has 0 aromatic heterocycles. The summed E-state index contributed by atoms with van der Waals surface area (Å²) >= 11 is 0. The highest BCUT2D eigenvalue weighted by Gasteiger charge is 2.23. The van der Waals surface area contributed by atoms with E-state index in [-0.39, 0.29) is 12.5 Å². The zero-order valence-electron chi connectivity index (χ0n) is 11.9. The van der Waals surface area contributed by atoms with Gasteiger partial charge in [-0.3, -0.25) is 9.59 Å². The summed E-state index contributed by atoms with van der Waals surface area (Å²) in [6.07, 6.45) is 2.62. The summed E-state index contributed by atoms with van der Waals surface area (Å²) in [5.41, 5.74) is 0. The lowest BCUT2D eigenvalue weighted by Crippen LogP contribution is -2.44. The Bertz CT molecular complexity index is 308. The van der Waals surface area contributed by atoms with Crippen LogP contribution < -0.4 is 5.32 Å². The van der Waals surface area contributed by atoms with E-state index in [9.17, 15) is 9.59 Å². The second-order valence-electron chi connectivity index (χ2n) is 5.43. The summed E-state index contributed by atoms with van der Waals surface area (Å²) in [6.45, 7) is 3.02. The van der Waals surface area contributed by atoms with E-state index in [0.717, 1.165) is 32.5 Å². The Labute approximate surface area is 114 Å². The number of nitrogens with zero attached hydrogens (tertiary/aromatic N) is 2. The number of hydrogen-bond donors (Lipinski definition) is 2. The number of carbonyl (C=O) groups excluding carboxylic acids is 1. The summed E-state index contributed by atoms with van der Waals surface area (Å²) in [4.78, 5) is 26.4. The molecule has 110 valence electrons. The fourth-order valence-corrected chi connectivity index (χ4v) is 2.32. The molecule has 6 nitrogen and oxygen atoms in total. The molecule has 1 rings (SSSR count). The predicted octanol–water partition coefficient (Wildman–Crippen LogP) is -0.149. The number of likely N-dealkylation sites (tertiary alicyclic amines) is 1. The molecular weight excluding hydrogens is 246 g/mol. The van der Waals surface area contributed by atoms with Crippen molar-refractivity contribution in [3.05, 3.63) is 0 Å². The number of piperidine rings is 1. The van der Waals surface area contributed by atoms with Gasteiger partial charge < -0.3 is 20.2 Å². The van der Waals surface area contributed by atoms with Crippen molar-refractivity contribution < 1.29 is 14.7 Å². The topological polar surface area (TPSA) is 72.9 Å². The molecule has 1 aliphatic rings. The summed E-state index contributed by atoms with van der Waals surface area (Å²) in [7, 11) is 3.92.